The van der Waals surface area contributed by atoms with E-state index in [1.54, 1.807) is 6.07 Å². The van der Waals surface area contributed by atoms with Crippen molar-refractivity contribution in [2.45, 2.75) is 30.7 Å². The molecule has 5 nitrogen and oxygen atoms in total. The van der Waals surface area contributed by atoms with E-state index in [-0.39, 0.29) is 5.56 Å². The van der Waals surface area contributed by atoms with Crippen LogP contribution >= 0.6 is 11.8 Å². The zero-order chi connectivity index (χ0) is 15.5. The molecule has 0 amide bonds. The topological polar surface area (TPSA) is 63.6 Å². The number of nitrogens with one attached hydrogen (secondary N) is 1. The number of fused-ring (bicyclic) bond motifs is 1. The van der Waals surface area contributed by atoms with Gasteiger partial charge < -0.3 is 9.55 Å². The molecular formula is C16H18N4OS. The van der Waals surface area contributed by atoms with Crippen molar-refractivity contribution in [1.82, 2.24) is 19.5 Å². The minimum atomic E-state index is -0.0917. The first kappa shape index (κ1) is 14.8. The maximum Gasteiger partial charge on any atom is 0.251 e. The first-order valence-corrected chi connectivity index (χ1v) is 8.29. The van der Waals surface area contributed by atoms with Crippen LogP contribution in [0.4, 0.5) is 0 Å². The van der Waals surface area contributed by atoms with E-state index in [9.17, 15) is 4.79 Å². The van der Waals surface area contributed by atoms with Crippen LogP contribution in [0.3, 0.4) is 0 Å². The third kappa shape index (κ3) is 3.06. The maximum absolute atomic E-state index is 11.7. The Hall–Kier alpha value is -2.08. The lowest BCUT2D eigenvalue weighted by atomic mass is 10.2. The van der Waals surface area contributed by atoms with E-state index in [2.05, 4.69) is 32.5 Å². The monoisotopic (exact) mass is 314 g/mol. The van der Waals surface area contributed by atoms with Gasteiger partial charge in [0.25, 0.3) is 5.56 Å². The van der Waals surface area contributed by atoms with Crippen LogP contribution in [0.5, 0.6) is 0 Å². The van der Waals surface area contributed by atoms with Crippen LogP contribution in [-0.2, 0) is 19.2 Å². The lowest BCUT2D eigenvalue weighted by Crippen LogP contribution is -2.10. The van der Waals surface area contributed by atoms with Crippen molar-refractivity contribution in [3.63, 3.8) is 0 Å². The number of benzene rings is 1. The number of imidazole rings is 1. The molecule has 0 aliphatic rings. The van der Waals surface area contributed by atoms with Gasteiger partial charge in [-0.05, 0) is 18.6 Å². The summed E-state index contributed by atoms with van der Waals surface area (Å²) in [5, 5.41) is 0.656. The lowest BCUT2D eigenvalue weighted by molar-refractivity contribution is 0.813. The highest BCUT2D eigenvalue weighted by Gasteiger charge is 2.09. The molecule has 3 aromatic rings. The number of aromatic amines is 1. The third-order valence-electron chi connectivity index (χ3n) is 3.50. The molecule has 0 saturated heterocycles. The number of aromatic nitrogens is 4. The Labute approximate surface area is 132 Å². The largest absolute Gasteiger partial charge is 0.330 e. The highest BCUT2D eigenvalue weighted by molar-refractivity contribution is 7.98. The van der Waals surface area contributed by atoms with E-state index in [4.69, 9.17) is 0 Å². The lowest BCUT2D eigenvalue weighted by Gasteiger charge is -2.04. The van der Waals surface area contributed by atoms with Crippen LogP contribution in [0.25, 0.3) is 11.0 Å². The average molecular weight is 314 g/mol. The molecule has 2 aromatic heterocycles. The Bertz CT molecular complexity index is 853. The van der Waals surface area contributed by atoms with Crippen molar-refractivity contribution in [2.75, 3.05) is 0 Å². The molecule has 0 unspecified atom stereocenters. The molecule has 0 aliphatic carbocycles. The molecule has 0 bridgehead atoms. The van der Waals surface area contributed by atoms with Crippen molar-refractivity contribution in [3.8, 4) is 0 Å². The van der Waals surface area contributed by atoms with Gasteiger partial charge in [-0.25, -0.2) is 9.97 Å². The predicted molar refractivity (Wildman–Crippen MR) is 89.1 cm³/mol. The summed E-state index contributed by atoms with van der Waals surface area (Å²) in [6.45, 7) is 2.08. The zero-order valence-corrected chi connectivity index (χ0v) is 13.5. The van der Waals surface area contributed by atoms with Crippen LogP contribution < -0.4 is 5.56 Å². The Balaban J connectivity index is 1.82. The van der Waals surface area contributed by atoms with E-state index in [0.29, 0.717) is 10.9 Å². The van der Waals surface area contributed by atoms with Gasteiger partial charge in [0, 0.05) is 18.8 Å². The average Bonchev–Trinajstić information content (AvgIpc) is 2.82. The molecule has 0 atom stereocenters. The highest BCUT2D eigenvalue weighted by Crippen LogP contribution is 2.21. The van der Waals surface area contributed by atoms with Gasteiger partial charge in [0.1, 0.15) is 5.82 Å². The molecule has 1 N–H and O–H groups in total. The summed E-state index contributed by atoms with van der Waals surface area (Å²) in [5.74, 6) is 1.64. The van der Waals surface area contributed by atoms with Crippen LogP contribution in [0.2, 0.25) is 0 Å². The molecule has 3 rings (SSSR count). The van der Waals surface area contributed by atoms with Crippen molar-refractivity contribution in [1.29, 1.82) is 0 Å². The van der Waals surface area contributed by atoms with Crippen molar-refractivity contribution in [3.05, 3.63) is 52.2 Å². The molecule has 1 aromatic carbocycles. The summed E-state index contributed by atoms with van der Waals surface area (Å²) in [5.41, 5.74) is 2.85. The standard InChI is InChI=1S/C16H18N4OS/c1-3-6-11-9-15(21)19-16(17-11)22-10-14-18-12-7-4-5-8-13(12)20(14)2/h4-5,7-9H,3,6,10H2,1-2H3,(H,17,19,21). The summed E-state index contributed by atoms with van der Waals surface area (Å²) >= 11 is 1.51. The van der Waals surface area contributed by atoms with Gasteiger partial charge in [-0.15, -0.1) is 0 Å². The summed E-state index contributed by atoms with van der Waals surface area (Å²) < 4.78 is 2.08. The van der Waals surface area contributed by atoms with Gasteiger partial charge in [-0.3, -0.25) is 4.79 Å². The Morgan fingerprint density at radius 1 is 1.27 bits per heavy atom. The number of hydrogen-bond acceptors (Lipinski definition) is 4. The highest BCUT2D eigenvalue weighted by atomic mass is 32.2. The first-order valence-electron chi connectivity index (χ1n) is 7.30. The van der Waals surface area contributed by atoms with E-state index in [1.807, 2.05) is 25.2 Å². The van der Waals surface area contributed by atoms with Crippen molar-refractivity contribution >= 4 is 22.8 Å². The fraction of sp³-hybridized carbons (Fsp3) is 0.312. The number of hydrogen-bond donors (Lipinski definition) is 1. The molecule has 0 spiro atoms. The van der Waals surface area contributed by atoms with E-state index in [1.165, 1.54) is 11.8 Å². The minimum Gasteiger partial charge on any atom is -0.330 e. The number of thioether (sulfide) groups is 1. The first-order chi connectivity index (χ1) is 10.7. The number of rotatable bonds is 5. The summed E-state index contributed by atoms with van der Waals surface area (Å²) in [4.78, 5) is 23.6. The van der Waals surface area contributed by atoms with Crippen LogP contribution in [-0.4, -0.2) is 19.5 Å². The second kappa shape index (κ2) is 6.36. The van der Waals surface area contributed by atoms with Gasteiger partial charge in [0.2, 0.25) is 0 Å². The zero-order valence-electron chi connectivity index (χ0n) is 12.7. The smallest absolute Gasteiger partial charge is 0.251 e. The van der Waals surface area contributed by atoms with E-state index < -0.39 is 0 Å². The Morgan fingerprint density at radius 3 is 2.86 bits per heavy atom. The van der Waals surface area contributed by atoms with E-state index in [0.717, 1.165) is 35.4 Å². The van der Waals surface area contributed by atoms with Crippen LogP contribution in [0.15, 0.2) is 40.3 Å². The number of para-hydroxylation sites is 2. The summed E-state index contributed by atoms with van der Waals surface area (Å²) in [6.07, 6.45) is 1.80. The molecule has 2 heterocycles. The van der Waals surface area contributed by atoms with Crippen molar-refractivity contribution < 1.29 is 0 Å². The van der Waals surface area contributed by atoms with Gasteiger partial charge in [0.05, 0.1) is 16.8 Å². The third-order valence-corrected chi connectivity index (χ3v) is 4.37. The van der Waals surface area contributed by atoms with E-state index >= 15 is 0 Å². The quantitative estimate of drug-likeness (QED) is 0.581. The SMILES string of the molecule is CCCc1cc(=O)[nH]c(SCc2nc3ccccc3n2C)n1. The number of H-pyrrole nitrogens is 1. The van der Waals surface area contributed by atoms with Crippen molar-refractivity contribution in [2.24, 2.45) is 7.05 Å². The summed E-state index contributed by atoms with van der Waals surface area (Å²) in [6, 6.07) is 9.63. The van der Waals surface area contributed by atoms with Crippen LogP contribution in [0.1, 0.15) is 24.9 Å². The second-order valence-electron chi connectivity index (χ2n) is 5.16. The molecule has 114 valence electrons. The fourth-order valence-corrected chi connectivity index (χ4v) is 3.27. The van der Waals surface area contributed by atoms with Gasteiger partial charge >= 0.3 is 0 Å². The Morgan fingerprint density at radius 2 is 2.09 bits per heavy atom. The summed E-state index contributed by atoms with van der Waals surface area (Å²) in [7, 11) is 2.01. The van der Waals surface area contributed by atoms with Gasteiger partial charge in [-0.1, -0.05) is 37.2 Å². The Kier molecular flexibility index (Phi) is 4.29. The number of aryl methyl sites for hydroxylation is 2. The van der Waals surface area contributed by atoms with Crippen LogP contribution in [0, 0.1) is 0 Å². The fourth-order valence-electron chi connectivity index (χ4n) is 2.39. The van der Waals surface area contributed by atoms with Gasteiger partial charge in [0.15, 0.2) is 5.16 Å². The maximum atomic E-state index is 11.7. The number of nitrogens with zero attached hydrogens (tertiary/aromatic N) is 3. The normalized spacial score (nSPS) is 11.2. The molecule has 0 saturated carbocycles. The molecule has 6 heteroatoms. The van der Waals surface area contributed by atoms with Gasteiger partial charge in [-0.2, -0.15) is 0 Å². The predicted octanol–water partition coefficient (Wildman–Crippen LogP) is 2.90. The molecule has 22 heavy (non-hydrogen) atoms. The molecule has 0 radical (unpaired) electrons. The second-order valence-corrected chi connectivity index (χ2v) is 6.12. The molecule has 0 aliphatic heterocycles. The molecule has 0 fully saturated rings. The minimum absolute atomic E-state index is 0.0917. The molecular weight excluding hydrogens is 296 g/mol.